The summed E-state index contributed by atoms with van der Waals surface area (Å²) in [6.07, 6.45) is 3.47. The van der Waals surface area contributed by atoms with Gasteiger partial charge in [-0.15, -0.1) is 10.2 Å². The molecule has 0 aliphatic rings. The molecule has 1 amide bonds. The first kappa shape index (κ1) is 23.3. The summed E-state index contributed by atoms with van der Waals surface area (Å²) in [5.41, 5.74) is 2.86. The highest BCUT2D eigenvalue weighted by molar-refractivity contribution is 7.99. The number of aromatic nitrogens is 4. The van der Waals surface area contributed by atoms with E-state index in [4.69, 9.17) is 23.2 Å². The molecule has 0 radical (unpaired) electrons. The van der Waals surface area contributed by atoms with Gasteiger partial charge in [0.05, 0.1) is 28.4 Å². The van der Waals surface area contributed by atoms with Crippen molar-refractivity contribution in [3.05, 3.63) is 94.2 Å². The number of nitrogens with one attached hydrogen (secondary N) is 1. The minimum Gasteiger partial charge on any atom is -0.349 e. The van der Waals surface area contributed by atoms with Crippen LogP contribution in [-0.2, 0) is 11.3 Å². The van der Waals surface area contributed by atoms with Gasteiger partial charge in [-0.05, 0) is 42.3 Å². The monoisotopic (exact) mass is 497 g/mol. The van der Waals surface area contributed by atoms with Gasteiger partial charge < -0.3 is 5.32 Å². The number of pyridine rings is 1. The van der Waals surface area contributed by atoms with E-state index in [0.717, 1.165) is 16.7 Å². The van der Waals surface area contributed by atoms with Gasteiger partial charge in [-0.1, -0.05) is 71.4 Å². The zero-order chi connectivity index (χ0) is 23.2. The maximum Gasteiger partial charge on any atom is 0.230 e. The molecule has 0 bridgehead atoms. The molecule has 1 N–H and O–H groups in total. The fraction of sp³-hybridized carbons (Fsp3) is 0.167. The van der Waals surface area contributed by atoms with E-state index < -0.39 is 0 Å². The van der Waals surface area contributed by atoms with Crippen molar-refractivity contribution in [1.82, 2.24) is 25.1 Å². The van der Waals surface area contributed by atoms with Crippen LogP contribution < -0.4 is 5.32 Å². The van der Waals surface area contributed by atoms with Crippen molar-refractivity contribution in [2.75, 3.05) is 5.75 Å². The largest absolute Gasteiger partial charge is 0.349 e. The first-order chi connectivity index (χ1) is 16.0. The van der Waals surface area contributed by atoms with Crippen molar-refractivity contribution in [3.63, 3.8) is 0 Å². The number of carbonyl (C=O) groups is 1. The predicted molar refractivity (Wildman–Crippen MR) is 133 cm³/mol. The minimum atomic E-state index is -0.207. The van der Waals surface area contributed by atoms with Crippen molar-refractivity contribution in [2.45, 2.75) is 24.7 Å². The molecule has 0 aliphatic heterocycles. The molecule has 33 heavy (non-hydrogen) atoms. The molecule has 168 valence electrons. The zero-order valence-electron chi connectivity index (χ0n) is 17.8. The fourth-order valence-electron chi connectivity index (χ4n) is 3.29. The van der Waals surface area contributed by atoms with E-state index in [1.54, 1.807) is 24.5 Å². The first-order valence-corrected chi connectivity index (χ1v) is 12.0. The standard InChI is InChI=1S/C24H21Cl2N5OS/c1-16(18-9-10-20(25)21(26)12-18)28-22(32)15-33-24-30-29-23(19-8-5-11-27-13-19)31(24)14-17-6-3-2-4-7-17/h2-13,16H,14-15H2,1H3,(H,28,32). The lowest BCUT2D eigenvalue weighted by Gasteiger charge is -2.15. The molecule has 0 spiro atoms. The van der Waals surface area contributed by atoms with Crippen LogP contribution >= 0.6 is 35.0 Å². The highest BCUT2D eigenvalue weighted by Gasteiger charge is 2.17. The number of amides is 1. The van der Waals surface area contributed by atoms with Crippen LogP contribution in [0.4, 0.5) is 0 Å². The van der Waals surface area contributed by atoms with Gasteiger partial charge in [-0.3, -0.25) is 14.3 Å². The maximum atomic E-state index is 12.6. The second kappa shape index (κ2) is 10.8. The maximum absolute atomic E-state index is 12.6. The Balaban J connectivity index is 1.48. The molecule has 0 aliphatic carbocycles. The van der Waals surface area contributed by atoms with Crippen LogP contribution in [0.1, 0.15) is 24.1 Å². The van der Waals surface area contributed by atoms with Crippen LogP contribution in [0.25, 0.3) is 11.4 Å². The molecule has 0 saturated heterocycles. The Bertz CT molecular complexity index is 1230. The Morgan fingerprint density at radius 2 is 1.88 bits per heavy atom. The van der Waals surface area contributed by atoms with Crippen molar-refractivity contribution in [3.8, 4) is 11.4 Å². The highest BCUT2D eigenvalue weighted by atomic mass is 35.5. The molecule has 2 heterocycles. The second-order valence-corrected chi connectivity index (χ2v) is 9.13. The molecular formula is C24H21Cl2N5OS. The third-order valence-corrected chi connectivity index (χ3v) is 6.68. The lowest BCUT2D eigenvalue weighted by molar-refractivity contribution is -0.119. The van der Waals surface area contributed by atoms with Gasteiger partial charge in [0.25, 0.3) is 0 Å². The molecule has 0 saturated carbocycles. The Hall–Kier alpha value is -2.87. The van der Waals surface area contributed by atoms with Gasteiger partial charge >= 0.3 is 0 Å². The molecule has 1 atom stereocenters. The Morgan fingerprint density at radius 3 is 2.61 bits per heavy atom. The van der Waals surface area contributed by atoms with E-state index in [0.29, 0.717) is 27.6 Å². The molecule has 2 aromatic heterocycles. The van der Waals surface area contributed by atoms with Crippen LogP contribution in [0, 0.1) is 0 Å². The van der Waals surface area contributed by atoms with E-state index in [-0.39, 0.29) is 17.7 Å². The molecule has 6 nitrogen and oxygen atoms in total. The van der Waals surface area contributed by atoms with Crippen LogP contribution in [-0.4, -0.2) is 31.4 Å². The summed E-state index contributed by atoms with van der Waals surface area (Å²) in [5, 5.41) is 13.3. The molecule has 0 fully saturated rings. The number of hydrogen-bond acceptors (Lipinski definition) is 5. The Kier molecular flexibility index (Phi) is 7.65. The molecule has 4 aromatic rings. The third-order valence-electron chi connectivity index (χ3n) is 4.97. The summed E-state index contributed by atoms with van der Waals surface area (Å²) < 4.78 is 2.01. The lowest BCUT2D eigenvalue weighted by atomic mass is 10.1. The topological polar surface area (TPSA) is 72.7 Å². The summed E-state index contributed by atoms with van der Waals surface area (Å²) in [4.78, 5) is 16.8. The SMILES string of the molecule is CC(NC(=O)CSc1nnc(-c2cccnc2)n1Cc1ccccc1)c1ccc(Cl)c(Cl)c1. The van der Waals surface area contributed by atoms with Crippen molar-refractivity contribution in [1.29, 1.82) is 0 Å². The number of halogens is 2. The van der Waals surface area contributed by atoms with Gasteiger partial charge in [0, 0.05) is 18.0 Å². The van der Waals surface area contributed by atoms with Crippen molar-refractivity contribution < 1.29 is 4.79 Å². The van der Waals surface area contributed by atoms with E-state index in [2.05, 4.69) is 20.5 Å². The first-order valence-electron chi connectivity index (χ1n) is 10.3. The van der Waals surface area contributed by atoms with Gasteiger partial charge in [-0.25, -0.2) is 0 Å². The van der Waals surface area contributed by atoms with E-state index in [1.807, 2.05) is 60.0 Å². The van der Waals surface area contributed by atoms with Crippen LogP contribution in [0.5, 0.6) is 0 Å². The zero-order valence-corrected chi connectivity index (χ0v) is 20.1. The van der Waals surface area contributed by atoms with Gasteiger partial charge in [0.2, 0.25) is 5.91 Å². The van der Waals surface area contributed by atoms with E-state index >= 15 is 0 Å². The van der Waals surface area contributed by atoms with Crippen molar-refractivity contribution >= 4 is 40.9 Å². The average molecular weight is 498 g/mol. The van der Waals surface area contributed by atoms with Crippen LogP contribution in [0.15, 0.2) is 78.2 Å². The Labute approximate surface area is 206 Å². The third kappa shape index (κ3) is 5.93. The molecule has 9 heteroatoms. The molecular weight excluding hydrogens is 477 g/mol. The number of thioether (sulfide) groups is 1. The predicted octanol–water partition coefficient (Wildman–Crippen LogP) is 5.66. The smallest absolute Gasteiger partial charge is 0.230 e. The van der Waals surface area contributed by atoms with E-state index in [9.17, 15) is 4.79 Å². The summed E-state index contributed by atoms with van der Waals surface area (Å²) in [7, 11) is 0. The van der Waals surface area contributed by atoms with Crippen LogP contribution in [0.3, 0.4) is 0 Å². The number of carbonyl (C=O) groups excluding carboxylic acids is 1. The minimum absolute atomic E-state index is 0.115. The van der Waals surface area contributed by atoms with Gasteiger partial charge in [-0.2, -0.15) is 0 Å². The Morgan fingerprint density at radius 1 is 1.06 bits per heavy atom. The molecule has 2 aromatic carbocycles. The van der Waals surface area contributed by atoms with Crippen molar-refractivity contribution in [2.24, 2.45) is 0 Å². The highest BCUT2D eigenvalue weighted by Crippen LogP contribution is 2.27. The summed E-state index contributed by atoms with van der Waals surface area (Å²) in [6.45, 7) is 2.49. The quantitative estimate of drug-likeness (QED) is 0.317. The summed E-state index contributed by atoms with van der Waals surface area (Å²) in [6, 6.07) is 19.0. The van der Waals surface area contributed by atoms with Gasteiger partial charge in [0.15, 0.2) is 11.0 Å². The number of nitrogens with zero attached hydrogens (tertiary/aromatic N) is 4. The number of hydrogen-bond donors (Lipinski definition) is 1. The average Bonchev–Trinajstić information content (AvgIpc) is 3.23. The second-order valence-electron chi connectivity index (χ2n) is 7.37. The van der Waals surface area contributed by atoms with Gasteiger partial charge in [0.1, 0.15) is 0 Å². The summed E-state index contributed by atoms with van der Waals surface area (Å²) in [5.74, 6) is 0.792. The number of benzene rings is 2. The lowest BCUT2D eigenvalue weighted by Crippen LogP contribution is -2.28. The molecule has 4 rings (SSSR count). The number of rotatable bonds is 8. The fourth-order valence-corrected chi connectivity index (χ4v) is 4.35. The summed E-state index contributed by atoms with van der Waals surface area (Å²) >= 11 is 13.4. The van der Waals surface area contributed by atoms with E-state index in [1.165, 1.54) is 11.8 Å². The normalized spacial score (nSPS) is 11.8. The van der Waals surface area contributed by atoms with Crippen LogP contribution in [0.2, 0.25) is 10.0 Å². The molecule has 1 unspecified atom stereocenters.